The third kappa shape index (κ3) is 5.39. The molecule has 0 saturated heterocycles. The normalized spacial score (nSPS) is 19.0. The van der Waals surface area contributed by atoms with E-state index in [1.165, 1.54) is 144 Å². The summed E-state index contributed by atoms with van der Waals surface area (Å²) in [5.41, 5.74) is 19.3. The molecular weight excluding hydrogens is 874 g/mol. The topological polar surface area (TPSA) is 9.72 Å². The zero-order valence-corrected chi connectivity index (χ0v) is 40.6. The van der Waals surface area contributed by atoms with E-state index in [1.807, 2.05) is 22.7 Å². The number of benzene rings is 9. The van der Waals surface area contributed by atoms with Crippen molar-refractivity contribution in [1.82, 2.24) is 0 Å². The lowest BCUT2D eigenvalue weighted by atomic mass is 9.33. The van der Waals surface area contributed by atoms with Crippen LogP contribution in [0, 0.1) is 6.92 Å². The number of anilines is 8. The van der Waals surface area contributed by atoms with Crippen molar-refractivity contribution in [1.29, 1.82) is 0 Å². The fourth-order valence-corrected chi connectivity index (χ4v) is 15.8. The highest BCUT2D eigenvalue weighted by molar-refractivity contribution is 7.26. The molecule has 1 fully saturated rings. The SMILES string of the molecule is Cc1cc2c3c(c1)N(c1cccc4sc5ccccc5c14)c1cc(N4c5ccccc5C5(C)CCCCC45C)ccc1B3c1cc(-c3ccccc3)ccc1N2c1cccc2sc3ccccc3c12. The lowest BCUT2D eigenvalue weighted by Crippen LogP contribution is -2.61. The van der Waals surface area contributed by atoms with Crippen LogP contribution in [0.5, 0.6) is 0 Å². The Morgan fingerprint density at radius 3 is 1.75 bits per heavy atom. The minimum Gasteiger partial charge on any atom is -0.334 e. The molecule has 69 heavy (non-hydrogen) atoms. The number of thiophene rings is 2. The molecule has 0 N–H and O–H groups in total. The monoisotopic (exact) mass is 921 g/mol. The third-order valence-corrected chi connectivity index (χ3v) is 19.1. The number of hydrogen-bond acceptors (Lipinski definition) is 5. The average Bonchev–Trinajstić information content (AvgIpc) is 4.03. The van der Waals surface area contributed by atoms with Crippen LogP contribution in [0.2, 0.25) is 0 Å². The van der Waals surface area contributed by atoms with Crippen molar-refractivity contribution in [3.8, 4) is 11.1 Å². The van der Waals surface area contributed by atoms with Crippen LogP contribution in [0.15, 0.2) is 188 Å². The first-order chi connectivity index (χ1) is 33.9. The summed E-state index contributed by atoms with van der Waals surface area (Å²) in [7, 11) is 0. The Morgan fingerprint density at radius 1 is 0.449 bits per heavy atom. The van der Waals surface area contributed by atoms with Gasteiger partial charge in [0.05, 0.1) is 16.9 Å². The Bertz CT molecular complexity index is 3960. The molecule has 0 radical (unpaired) electrons. The van der Waals surface area contributed by atoms with Crippen LogP contribution in [0.3, 0.4) is 0 Å². The fourth-order valence-electron chi connectivity index (χ4n) is 13.6. The Balaban J connectivity index is 1.06. The molecule has 3 aliphatic heterocycles. The molecule has 3 nitrogen and oxygen atoms in total. The fraction of sp³-hybridized carbons (Fsp3) is 0.143. The van der Waals surface area contributed by atoms with Gasteiger partial charge >= 0.3 is 0 Å². The maximum atomic E-state index is 2.76. The van der Waals surface area contributed by atoms with Crippen LogP contribution in [0.1, 0.15) is 50.7 Å². The van der Waals surface area contributed by atoms with Gasteiger partial charge in [-0.25, -0.2) is 0 Å². The first kappa shape index (κ1) is 39.8. The van der Waals surface area contributed by atoms with Crippen LogP contribution in [-0.4, -0.2) is 12.3 Å². The van der Waals surface area contributed by atoms with Crippen LogP contribution in [-0.2, 0) is 5.41 Å². The van der Waals surface area contributed by atoms with Gasteiger partial charge in [0, 0.05) is 79.9 Å². The van der Waals surface area contributed by atoms with E-state index < -0.39 is 0 Å². The minimum absolute atomic E-state index is 0.0240. The predicted molar refractivity (Wildman–Crippen MR) is 299 cm³/mol. The summed E-state index contributed by atoms with van der Waals surface area (Å²) in [5.74, 6) is 0. The van der Waals surface area contributed by atoms with Crippen molar-refractivity contribution in [3.63, 3.8) is 0 Å². The minimum atomic E-state index is -0.0662. The second-order valence-electron chi connectivity index (χ2n) is 20.4. The summed E-state index contributed by atoms with van der Waals surface area (Å²) in [6.45, 7) is 7.38. The number of fused-ring (bicyclic) bond motifs is 13. The van der Waals surface area contributed by atoms with E-state index in [9.17, 15) is 0 Å². The van der Waals surface area contributed by atoms with Gasteiger partial charge in [0.15, 0.2) is 0 Å². The quantitative estimate of drug-likeness (QED) is 0.163. The molecule has 6 heteroatoms. The molecule has 15 rings (SSSR count). The van der Waals surface area contributed by atoms with Gasteiger partial charge in [-0.3, -0.25) is 0 Å². The first-order valence-corrected chi connectivity index (χ1v) is 26.3. The van der Waals surface area contributed by atoms with Crippen LogP contribution < -0.4 is 31.1 Å². The molecule has 2 atom stereocenters. The molecule has 4 aliphatic rings. The second kappa shape index (κ2) is 14.5. The summed E-state index contributed by atoms with van der Waals surface area (Å²) < 4.78 is 5.25. The van der Waals surface area contributed by atoms with Crippen LogP contribution in [0.4, 0.5) is 45.5 Å². The largest absolute Gasteiger partial charge is 0.334 e. The molecule has 5 heterocycles. The standard InChI is InChI=1S/C63H48BN3S2/c1-39-35-53-61-54(36-39)66(51-24-16-28-58-60(51)44-20-8-12-26-56(44)69-58)52-38-42(67-48-22-10-9-21-45(48)62(2)33-13-14-34-63(62,67)3)30-31-46(52)64(61)47-37-41(40-17-5-4-6-18-40)29-32-49(47)65(53)50-23-15-27-57-59(50)43-19-7-11-25-55(43)68-57/h4-12,15-32,35-38H,13-14,33-34H2,1-3H3. The lowest BCUT2D eigenvalue weighted by Gasteiger charge is -2.50. The van der Waals surface area contributed by atoms with Gasteiger partial charge in [-0.15, -0.1) is 22.7 Å². The molecule has 330 valence electrons. The zero-order valence-electron chi connectivity index (χ0n) is 39.0. The van der Waals surface area contributed by atoms with Gasteiger partial charge in [-0.1, -0.05) is 135 Å². The lowest BCUT2D eigenvalue weighted by molar-refractivity contribution is 0.195. The van der Waals surface area contributed by atoms with E-state index in [2.05, 4.69) is 224 Å². The predicted octanol–water partition coefficient (Wildman–Crippen LogP) is 16.2. The highest BCUT2D eigenvalue weighted by Gasteiger charge is 2.58. The van der Waals surface area contributed by atoms with Gasteiger partial charge < -0.3 is 14.7 Å². The Labute approximate surface area is 411 Å². The van der Waals surface area contributed by atoms with E-state index in [4.69, 9.17) is 0 Å². The molecule has 2 unspecified atom stereocenters. The molecule has 2 aromatic heterocycles. The Hall–Kier alpha value is -7.12. The summed E-state index contributed by atoms with van der Waals surface area (Å²) >= 11 is 3.79. The zero-order chi connectivity index (χ0) is 45.8. The molecule has 0 amide bonds. The number of aryl methyl sites for hydroxylation is 1. The molecule has 11 aromatic rings. The van der Waals surface area contributed by atoms with Crippen molar-refractivity contribution in [3.05, 3.63) is 199 Å². The number of rotatable bonds is 4. The molecule has 9 aromatic carbocycles. The smallest absolute Gasteiger partial charge is 0.252 e. The highest BCUT2D eigenvalue weighted by atomic mass is 32.1. The van der Waals surface area contributed by atoms with E-state index >= 15 is 0 Å². The molecule has 0 bridgehead atoms. The summed E-state index contributed by atoms with van der Waals surface area (Å²) in [6.07, 6.45) is 4.86. The summed E-state index contributed by atoms with van der Waals surface area (Å²) in [4.78, 5) is 8.06. The maximum absolute atomic E-state index is 2.76. The van der Waals surface area contributed by atoms with Gasteiger partial charge in [0.2, 0.25) is 0 Å². The van der Waals surface area contributed by atoms with Gasteiger partial charge in [-0.05, 0) is 138 Å². The Morgan fingerprint density at radius 2 is 1.04 bits per heavy atom. The summed E-state index contributed by atoms with van der Waals surface area (Å²) in [6, 6.07) is 72.0. The molecule has 0 spiro atoms. The van der Waals surface area contributed by atoms with Crippen LogP contribution >= 0.6 is 22.7 Å². The molecular formula is C63H48BN3S2. The molecule has 1 saturated carbocycles. The maximum Gasteiger partial charge on any atom is 0.252 e. The third-order valence-electron chi connectivity index (χ3n) is 16.8. The number of nitrogens with zero attached hydrogens (tertiary/aromatic N) is 3. The highest BCUT2D eigenvalue weighted by Crippen LogP contribution is 2.61. The van der Waals surface area contributed by atoms with E-state index in [1.54, 1.807) is 0 Å². The first-order valence-electron chi connectivity index (χ1n) is 24.7. The van der Waals surface area contributed by atoms with E-state index in [0.717, 1.165) is 6.42 Å². The Kier molecular flexibility index (Phi) is 8.35. The van der Waals surface area contributed by atoms with Crippen molar-refractivity contribution in [2.75, 3.05) is 14.7 Å². The van der Waals surface area contributed by atoms with E-state index in [-0.39, 0.29) is 17.7 Å². The van der Waals surface area contributed by atoms with Crippen molar-refractivity contribution < 1.29 is 0 Å². The number of hydrogen-bond donors (Lipinski definition) is 0. The van der Waals surface area contributed by atoms with Gasteiger partial charge in [0.25, 0.3) is 6.71 Å². The van der Waals surface area contributed by atoms with Crippen molar-refractivity contribution in [2.45, 2.75) is 57.4 Å². The average molecular weight is 922 g/mol. The number of para-hydroxylation sites is 1. The van der Waals surface area contributed by atoms with E-state index in [0.29, 0.717) is 0 Å². The second-order valence-corrected chi connectivity index (χ2v) is 22.5. The van der Waals surface area contributed by atoms with Crippen molar-refractivity contribution in [2.24, 2.45) is 0 Å². The summed E-state index contributed by atoms with van der Waals surface area (Å²) in [5, 5.41) is 5.24. The van der Waals surface area contributed by atoms with Crippen LogP contribution in [0.25, 0.3) is 51.5 Å². The van der Waals surface area contributed by atoms with Crippen molar-refractivity contribution >= 4 is 132 Å². The van der Waals surface area contributed by atoms with Gasteiger partial charge in [0.1, 0.15) is 0 Å². The molecule has 1 aliphatic carbocycles. The van der Waals surface area contributed by atoms with Gasteiger partial charge in [-0.2, -0.15) is 0 Å².